The Balaban J connectivity index is 1.75. The van der Waals surface area contributed by atoms with E-state index in [9.17, 15) is 4.79 Å². The van der Waals surface area contributed by atoms with E-state index >= 15 is 0 Å². The van der Waals surface area contributed by atoms with Gasteiger partial charge in [-0.25, -0.2) is 4.98 Å². The van der Waals surface area contributed by atoms with Crippen molar-refractivity contribution >= 4 is 38.4 Å². The number of fused-ring (bicyclic) bond motifs is 1. The molecule has 5 rings (SSSR count). The maximum Gasteiger partial charge on any atom is 0.256 e. The van der Waals surface area contributed by atoms with Crippen LogP contribution >= 0.6 is 27.5 Å². The van der Waals surface area contributed by atoms with E-state index in [-0.39, 0.29) is 5.56 Å². The van der Waals surface area contributed by atoms with E-state index in [1.54, 1.807) is 6.07 Å². The van der Waals surface area contributed by atoms with E-state index in [1.807, 2.05) is 84.9 Å². The van der Waals surface area contributed by atoms with Gasteiger partial charge in [-0.3, -0.25) is 4.79 Å². The van der Waals surface area contributed by atoms with Crippen LogP contribution in [0.1, 0.15) is 0 Å². The molecule has 0 bridgehead atoms. The number of aromatic nitrogens is 2. The first-order valence-electron chi connectivity index (χ1n) is 9.73. The van der Waals surface area contributed by atoms with Gasteiger partial charge < -0.3 is 4.98 Å². The van der Waals surface area contributed by atoms with E-state index in [1.165, 1.54) is 0 Å². The second-order valence-electron chi connectivity index (χ2n) is 7.24. The first-order valence-corrected chi connectivity index (χ1v) is 10.9. The summed E-state index contributed by atoms with van der Waals surface area (Å²) in [5.74, 6) is 0. The van der Waals surface area contributed by atoms with Gasteiger partial charge in [0, 0.05) is 37.1 Å². The average molecular weight is 488 g/mol. The van der Waals surface area contributed by atoms with Crippen LogP contribution in [0.4, 0.5) is 0 Å². The molecule has 0 radical (unpaired) electrons. The lowest BCUT2D eigenvalue weighted by Crippen LogP contribution is -2.09. The summed E-state index contributed by atoms with van der Waals surface area (Å²) >= 11 is 9.66. The number of nitrogens with zero attached hydrogens (tertiary/aromatic N) is 1. The molecule has 150 valence electrons. The Morgan fingerprint density at radius 3 is 2.13 bits per heavy atom. The Labute approximate surface area is 192 Å². The van der Waals surface area contributed by atoms with Gasteiger partial charge in [-0.1, -0.05) is 70.0 Å². The van der Waals surface area contributed by atoms with E-state index in [4.69, 9.17) is 16.6 Å². The SMILES string of the molecule is O=c1[nH]c2ccc(Cl)cc2cc1-c1cc(-c2ccccc2)nc(-c2ccc(Br)cc2)c1. The molecule has 5 aromatic rings. The molecule has 3 nitrogen and oxygen atoms in total. The van der Waals surface area contributed by atoms with E-state index in [0.29, 0.717) is 10.6 Å². The minimum absolute atomic E-state index is 0.151. The fourth-order valence-electron chi connectivity index (χ4n) is 3.60. The highest BCUT2D eigenvalue weighted by molar-refractivity contribution is 9.10. The molecule has 0 aliphatic carbocycles. The summed E-state index contributed by atoms with van der Waals surface area (Å²) in [6, 6.07) is 29.2. The van der Waals surface area contributed by atoms with Crippen LogP contribution in [0.15, 0.2) is 100 Å². The smallest absolute Gasteiger partial charge is 0.256 e. The fraction of sp³-hybridized carbons (Fsp3) is 0. The van der Waals surface area contributed by atoms with Gasteiger partial charge in [-0.2, -0.15) is 0 Å². The Bertz CT molecular complexity index is 1460. The molecule has 0 unspecified atom stereocenters. The molecule has 1 N–H and O–H groups in total. The average Bonchev–Trinajstić information content (AvgIpc) is 2.79. The minimum Gasteiger partial charge on any atom is -0.321 e. The Morgan fingerprint density at radius 1 is 0.742 bits per heavy atom. The molecule has 0 amide bonds. The maximum atomic E-state index is 12.9. The number of rotatable bonds is 3. The van der Waals surface area contributed by atoms with Crippen LogP contribution in [0.2, 0.25) is 5.02 Å². The first-order chi connectivity index (χ1) is 15.1. The van der Waals surface area contributed by atoms with Gasteiger partial charge in [0.25, 0.3) is 5.56 Å². The summed E-state index contributed by atoms with van der Waals surface area (Å²) in [6.45, 7) is 0. The third-order valence-electron chi connectivity index (χ3n) is 5.15. The number of nitrogens with one attached hydrogen (secondary N) is 1. The molecule has 2 aromatic heterocycles. The molecule has 3 aromatic carbocycles. The van der Waals surface area contributed by atoms with Crippen molar-refractivity contribution < 1.29 is 0 Å². The van der Waals surface area contributed by atoms with Crippen LogP contribution in [-0.4, -0.2) is 9.97 Å². The van der Waals surface area contributed by atoms with Crippen molar-refractivity contribution in [3.63, 3.8) is 0 Å². The molecule has 0 atom stereocenters. The van der Waals surface area contributed by atoms with E-state index in [2.05, 4.69) is 20.9 Å². The summed E-state index contributed by atoms with van der Waals surface area (Å²) in [4.78, 5) is 20.8. The highest BCUT2D eigenvalue weighted by atomic mass is 79.9. The molecular formula is C26H16BrClN2O. The number of H-pyrrole nitrogens is 1. The Hall–Kier alpha value is -3.21. The third-order valence-corrected chi connectivity index (χ3v) is 5.92. The Kier molecular flexibility index (Phi) is 5.18. The third kappa shape index (κ3) is 4.05. The molecule has 0 fully saturated rings. The molecule has 0 saturated heterocycles. The molecule has 0 spiro atoms. The van der Waals surface area contributed by atoms with Gasteiger partial charge in [0.05, 0.1) is 11.4 Å². The largest absolute Gasteiger partial charge is 0.321 e. The summed E-state index contributed by atoms with van der Waals surface area (Å²) in [6.07, 6.45) is 0. The monoisotopic (exact) mass is 486 g/mol. The van der Waals surface area contributed by atoms with Crippen molar-refractivity contribution in [3.8, 4) is 33.6 Å². The standard InChI is InChI=1S/C26H16BrClN2O/c27-20-8-6-17(7-9-20)25-15-18(14-24(29-25)16-4-2-1-3-5-16)22-13-19-12-21(28)10-11-23(19)30-26(22)31/h1-15H,(H,30,31). The van der Waals surface area contributed by atoms with Crippen molar-refractivity contribution in [2.75, 3.05) is 0 Å². The topological polar surface area (TPSA) is 45.8 Å². The van der Waals surface area contributed by atoms with Crippen LogP contribution in [-0.2, 0) is 0 Å². The summed E-state index contributed by atoms with van der Waals surface area (Å²) in [5, 5.41) is 1.51. The second kappa shape index (κ2) is 8.14. The predicted molar refractivity (Wildman–Crippen MR) is 131 cm³/mol. The molecular weight excluding hydrogens is 472 g/mol. The minimum atomic E-state index is -0.151. The fourth-order valence-corrected chi connectivity index (χ4v) is 4.05. The molecule has 0 aliphatic rings. The number of hydrogen-bond acceptors (Lipinski definition) is 2. The van der Waals surface area contributed by atoms with Crippen LogP contribution in [0.5, 0.6) is 0 Å². The highest BCUT2D eigenvalue weighted by Crippen LogP contribution is 2.30. The molecule has 0 aliphatic heterocycles. The zero-order valence-corrected chi connectivity index (χ0v) is 18.6. The van der Waals surface area contributed by atoms with Crippen LogP contribution in [0, 0.1) is 0 Å². The van der Waals surface area contributed by atoms with Gasteiger partial charge in [0.15, 0.2) is 0 Å². The lowest BCUT2D eigenvalue weighted by atomic mass is 10.00. The van der Waals surface area contributed by atoms with Crippen LogP contribution < -0.4 is 5.56 Å². The number of pyridine rings is 2. The van der Waals surface area contributed by atoms with Crippen LogP contribution in [0.25, 0.3) is 44.5 Å². The van der Waals surface area contributed by atoms with Crippen molar-refractivity contribution in [2.24, 2.45) is 0 Å². The zero-order chi connectivity index (χ0) is 21.4. The van der Waals surface area contributed by atoms with Gasteiger partial charge in [-0.05, 0) is 54.1 Å². The van der Waals surface area contributed by atoms with Gasteiger partial charge >= 0.3 is 0 Å². The van der Waals surface area contributed by atoms with Crippen molar-refractivity contribution in [2.45, 2.75) is 0 Å². The van der Waals surface area contributed by atoms with Crippen LogP contribution in [0.3, 0.4) is 0 Å². The molecule has 0 saturated carbocycles. The second-order valence-corrected chi connectivity index (χ2v) is 8.60. The van der Waals surface area contributed by atoms with Gasteiger partial charge in [-0.15, -0.1) is 0 Å². The molecule has 2 heterocycles. The summed E-state index contributed by atoms with van der Waals surface area (Å²) < 4.78 is 0.999. The van der Waals surface area contributed by atoms with E-state index < -0.39 is 0 Å². The van der Waals surface area contributed by atoms with Gasteiger partial charge in [0.1, 0.15) is 0 Å². The number of halogens is 2. The first kappa shape index (κ1) is 19.7. The summed E-state index contributed by atoms with van der Waals surface area (Å²) in [7, 11) is 0. The van der Waals surface area contributed by atoms with Gasteiger partial charge in [0.2, 0.25) is 0 Å². The summed E-state index contributed by atoms with van der Waals surface area (Å²) in [5.41, 5.74) is 5.55. The molecule has 5 heteroatoms. The number of hydrogen-bond donors (Lipinski definition) is 1. The number of aromatic amines is 1. The van der Waals surface area contributed by atoms with Crippen molar-refractivity contribution in [1.82, 2.24) is 9.97 Å². The quantitative estimate of drug-likeness (QED) is 0.289. The number of benzene rings is 3. The molecule has 31 heavy (non-hydrogen) atoms. The van der Waals surface area contributed by atoms with Crippen molar-refractivity contribution in [3.05, 3.63) is 111 Å². The normalized spacial score (nSPS) is 11.0. The highest BCUT2D eigenvalue weighted by Gasteiger charge is 2.12. The zero-order valence-electron chi connectivity index (χ0n) is 16.3. The lowest BCUT2D eigenvalue weighted by molar-refractivity contribution is 1.29. The predicted octanol–water partition coefficient (Wildman–Crippen LogP) is 7.34. The van der Waals surface area contributed by atoms with E-state index in [0.717, 1.165) is 43.5 Å². The van der Waals surface area contributed by atoms with Crippen molar-refractivity contribution in [1.29, 1.82) is 0 Å². The Morgan fingerprint density at radius 2 is 1.42 bits per heavy atom. The maximum absolute atomic E-state index is 12.9. The lowest BCUT2D eigenvalue weighted by Gasteiger charge is -2.11.